The highest BCUT2D eigenvalue weighted by atomic mass is 35.5. The van der Waals surface area contributed by atoms with Crippen LogP contribution >= 0.6 is 11.6 Å². The lowest BCUT2D eigenvalue weighted by Gasteiger charge is -1.99. The summed E-state index contributed by atoms with van der Waals surface area (Å²) in [5.41, 5.74) is -0.0541. The van der Waals surface area contributed by atoms with Gasteiger partial charge in [0.1, 0.15) is 16.5 Å². The summed E-state index contributed by atoms with van der Waals surface area (Å²) in [6, 6.07) is 0. The minimum absolute atomic E-state index is 0.00551. The van der Waals surface area contributed by atoms with Crippen LogP contribution in [0.1, 0.15) is 29.5 Å². The van der Waals surface area contributed by atoms with Gasteiger partial charge in [-0.2, -0.15) is 0 Å². The molecule has 0 radical (unpaired) electrons. The highest BCUT2D eigenvalue weighted by Gasteiger charge is 2.10. The molecule has 0 spiro atoms. The molecule has 0 saturated heterocycles. The summed E-state index contributed by atoms with van der Waals surface area (Å²) in [7, 11) is 0. The maximum Gasteiger partial charge on any atom is 0.340 e. The van der Waals surface area contributed by atoms with Crippen LogP contribution in [-0.2, 0) is 6.42 Å². The van der Waals surface area contributed by atoms with E-state index in [0.29, 0.717) is 12.2 Å². The minimum Gasteiger partial charge on any atom is -0.478 e. The summed E-state index contributed by atoms with van der Waals surface area (Å²) in [6.07, 6.45) is 2.85. The molecule has 13 heavy (non-hydrogen) atoms. The van der Waals surface area contributed by atoms with Gasteiger partial charge >= 0.3 is 5.97 Å². The second kappa shape index (κ2) is 4.18. The van der Waals surface area contributed by atoms with Gasteiger partial charge in [-0.05, 0) is 6.42 Å². The van der Waals surface area contributed by atoms with Crippen LogP contribution in [-0.4, -0.2) is 21.0 Å². The second-order valence-electron chi connectivity index (χ2n) is 2.55. The van der Waals surface area contributed by atoms with Crippen LogP contribution in [0.5, 0.6) is 0 Å². The molecule has 0 bridgehead atoms. The van der Waals surface area contributed by atoms with E-state index in [2.05, 4.69) is 9.97 Å². The van der Waals surface area contributed by atoms with Crippen LogP contribution in [0.15, 0.2) is 6.20 Å². The Morgan fingerprint density at radius 3 is 2.85 bits per heavy atom. The highest BCUT2D eigenvalue weighted by molar-refractivity contribution is 6.32. The lowest BCUT2D eigenvalue weighted by Crippen LogP contribution is -2.03. The van der Waals surface area contributed by atoms with E-state index in [9.17, 15) is 4.79 Å². The molecular formula is C8H9ClN2O2. The van der Waals surface area contributed by atoms with E-state index in [1.165, 1.54) is 6.20 Å². The fourth-order valence-electron chi connectivity index (χ4n) is 0.882. The third-order valence-corrected chi connectivity index (χ3v) is 1.78. The molecule has 0 unspecified atom stereocenters. The molecule has 1 aromatic rings. The Morgan fingerprint density at radius 2 is 2.38 bits per heavy atom. The van der Waals surface area contributed by atoms with Gasteiger partial charge in [-0.25, -0.2) is 14.8 Å². The summed E-state index contributed by atoms with van der Waals surface area (Å²) in [5.74, 6) is -0.523. The number of aromatic carboxylic acids is 1. The smallest absolute Gasteiger partial charge is 0.340 e. The van der Waals surface area contributed by atoms with Crippen molar-refractivity contribution in [2.45, 2.75) is 19.8 Å². The number of nitrogens with zero attached hydrogens (tertiary/aromatic N) is 2. The number of hydrogen-bond acceptors (Lipinski definition) is 3. The monoisotopic (exact) mass is 200 g/mol. The average molecular weight is 201 g/mol. The predicted octanol–water partition coefficient (Wildman–Crippen LogP) is 1.78. The van der Waals surface area contributed by atoms with Crippen LogP contribution in [0.25, 0.3) is 0 Å². The molecule has 1 aromatic heterocycles. The van der Waals surface area contributed by atoms with Crippen molar-refractivity contribution >= 4 is 17.6 Å². The van der Waals surface area contributed by atoms with Gasteiger partial charge in [-0.3, -0.25) is 0 Å². The van der Waals surface area contributed by atoms with Gasteiger partial charge in [-0.1, -0.05) is 18.5 Å². The first-order valence-electron chi connectivity index (χ1n) is 3.90. The summed E-state index contributed by atoms with van der Waals surface area (Å²) in [5, 5.41) is 8.63. The number of aromatic nitrogens is 2. The fourth-order valence-corrected chi connectivity index (χ4v) is 1.11. The van der Waals surface area contributed by atoms with Crippen LogP contribution < -0.4 is 0 Å². The van der Waals surface area contributed by atoms with Gasteiger partial charge in [-0.15, -0.1) is 0 Å². The van der Waals surface area contributed by atoms with Gasteiger partial charge in [0.15, 0.2) is 0 Å². The number of hydrogen-bond donors (Lipinski definition) is 1. The molecule has 0 aliphatic carbocycles. The van der Waals surface area contributed by atoms with Crippen LogP contribution in [0.4, 0.5) is 0 Å². The molecule has 0 atom stereocenters. The molecule has 0 aromatic carbocycles. The molecule has 0 amide bonds. The number of halogens is 1. The molecule has 1 N–H and O–H groups in total. The van der Waals surface area contributed by atoms with Gasteiger partial charge in [0.05, 0.1) is 0 Å². The molecule has 70 valence electrons. The molecule has 1 rings (SSSR count). The Labute approximate surface area is 80.6 Å². The van der Waals surface area contributed by atoms with Gasteiger partial charge in [0.2, 0.25) is 0 Å². The minimum atomic E-state index is -1.10. The van der Waals surface area contributed by atoms with E-state index in [1.54, 1.807) is 0 Å². The zero-order valence-electron chi connectivity index (χ0n) is 7.12. The summed E-state index contributed by atoms with van der Waals surface area (Å²) in [4.78, 5) is 18.3. The van der Waals surface area contributed by atoms with Crippen molar-refractivity contribution in [2.24, 2.45) is 0 Å². The van der Waals surface area contributed by atoms with Crippen LogP contribution in [0.3, 0.4) is 0 Å². The van der Waals surface area contributed by atoms with Crippen molar-refractivity contribution in [1.82, 2.24) is 9.97 Å². The zero-order chi connectivity index (χ0) is 9.84. The van der Waals surface area contributed by atoms with Crippen molar-refractivity contribution in [3.05, 3.63) is 22.7 Å². The Morgan fingerprint density at radius 1 is 1.69 bits per heavy atom. The third-order valence-electron chi connectivity index (χ3n) is 1.50. The SMILES string of the molecule is CCCc1ncc(C(=O)O)c(Cl)n1. The molecule has 0 aliphatic rings. The number of rotatable bonds is 3. The quantitative estimate of drug-likeness (QED) is 0.756. The summed E-state index contributed by atoms with van der Waals surface area (Å²) < 4.78 is 0. The van der Waals surface area contributed by atoms with Crippen molar-refractivity contribution in [1.29, 1.82) is 0 Å². The van der Waals surface area contributed by atoms with E-state index in [1.807, 2.05) is 6.92 Å². The molecule has 0 aliphatic heterocycles. The lowest BCUT2D eigenvalue weighted by molar-refractivity contribution is 0.0696. The normalized spacial score (nSPS) is 10.0. The van der Waals surface area contributed by atoms with E-state index >= 15 is 0 Å². The van der Waals surface area contributed by atoms with Crippen LogP contribution in [0.2, 0.25) is 5.15 Å². The first-order valence-corrected chi connectivity index (χ1v) is 4.27. The second-order valence-corrected chi connectivity index (χ2v) is 2.90. The molecule has 4 nitrogen and oxygen atoms in total. The van der Waals surface area contributed by atoms with Crippen molar-refractivity contribution < 1.29 is 9.90 Å². The molecule has 5 heteroatoms. The number of aryl methyl sites for hydroxylation is 1. The zero-order valence-corrected chi connectivity index (χ0v) is 7.88. The van der Waals surface area contributed by atoms with Gasteiger partial charge < -0.3 is 5.11 Å². The van der Waals surface area contributed by atoms with Gasteiger partial charge in [0, 0.05) is 12.6 Å². The fraction of sp³-hybridized carbons (Fsp3) is 0.375. The number of carboxylic acid groups (broad SMARTS) is 1. The Bertz CT molecular complexity index is 328. The molecule has 1 heterocycles. The Balaban J connectivity index is 2.98. The average Bonchev–Trinajstić information content (AvgIpc) is 2.04. The summed E-state index contributed by atoms with van der Waals surface area (Å²) >= 11 is 5.63. The molecule has 0 saturated carbocycles. The standard InChI is InChI=1S/C8H9ClN2O2/c1-2-3-6-10-4-5(8(12)13)7(9)11-6/h4H,2-3H2,1H3,(H,12,13). The first kappa shape index (κ1) is 9.92. The number of carboxylic acids is 1. The topological polar surface area (TPSA) is 63.1 Å². The molecular weight excluding hydrogens is 192 g/mol. The van der Waals surface area contributed by atoms with Crippen molar-refractivity contribution in [3.63, 3.8) is 0 Å². The molecule has 0 fully saturated rings. The Kier molecular flexibility index (Phi) is 3.19. The highest BCUT2D eigenvalue weighted by Crippen LogP contribution is 2.12. The number of carbonyl (C=O) groups is 1. The van der Waals surface area contributed by atoms with Gasteiger partial charge in [0.25, 0.3) is 0 Å². The van der Waals surface area contributed by atoms with E-state index in [0.717, 1.165) is 6.42 Å². The third kappa shape index (κ3) is 2.39. The van der Waals surface area contributed by atoms with E-state index in [4.69, 9.17) is 16.7 Å². The van der Waals surface area contributed by atoms with Crippen LogP contribution in [0, 0.1) is 0 Å². The predicted molar refractivity (Wildman–Crippen MR) is 48.0 cm³/mol. The first-order chi connectivity index (χ1) is 6.15. The van der Waals surface area contributed by atoms with Crippen molar-refractivity contribution in [3.8, 4) is 0 Å². The van der Waals surface area contributed by atoms with E-state index < -0.39 is 5.97 Å². The summed E-state index contributed by atoms with van der Waals surface area (Å²) in [6.45, 7) is 1.99. The largest absolute Gasteiger partial charge is 0.478 e. The Hall–Kier alpha value is -1.16. The lowest BCUT2D eigenvalue weighted by atomic mass is 10.3. The maximum atomic E-state index is 10.5. The maximum absolute atomic E-state index is 10.5. The van der Waals surface area contributed by atoms with Crippen molar-refractivity contribution in [2.75, 3.05) is 0 Å². The van der Waals surface area contributed by atoms with E-state index in [-0.39, 0.29) is 10.7 Å².